The van der Waals surface area contributed by atoms with Crippen LogP contribution in [-0.4, -0.2) is 26.2 Å². The molecule has 1 fully saturated rings. The summed E-state index contributed by atoms with van der Waals surface area (Å²) in [6.07, 6.45) is 6.04. The van der Waals surface area contributed by atoms with E-state index in [9.17, 15) is 9.59 Å². The highest BCUT2D eigenvalue weighted by atomic mass is 16.5. The van der Waals surface area contributed by atoms with Gasteiger partial charge in [0.2, 0.25) is 0 Å². The first-order valence-electron chi connectivity index (χ1n) is 16.3. The van der Waals surface area contributed by atoms with Gasteiger partial charge in [-0.25, -0.2) is 0 Å². The molecule has 0 saturated heterocycles. The molecule has 0 radical (unpaired) electrons. The van der Waals surface area contributed by atoms with Gasteiger partial charge >= 0.3 is 11.9 Å². The minimum atomic E-state index is -0.308. The number of carbonyl (C=O) groups is 2. The molecule has 1 aliphatic carbocycles. The first-order chi connectivity index (χ1) is 22.4. The average Bonchev–Trinajstić information content (AvgIpc) is 3.06. The molecule has 6 heteroatoms. The summed E-state index contributed by atoms with van der Waals surface area (Å²) in [5.74, 6) is 2.41. The van der Waals surface area contributed by atoms with E-state index in [-0.39, 0.29) is 22.8 Å². The second-order valence-electron chi connectivity index (χ2n) is 12.9. The van der Waals surface area contributed by atoms with Crippen LogP contribution < -0.4 is 18.9 Å². The summed E-state index contributed by atoms with van der Waals surface area (Å²) in [4.78, 5) is 22.2. The standard InChI is InChI=1S/C23H28O3.C18H20O3/c1-16-14-19(8-10-21(16)25-4)23(12-6-5-7-13-23)20-9-11-22(17(2)15-20)26-18(3)24;1-13(19)21-17-11-7-15(8-12-17)18(2,3)14-5-9-16(20-4)10-6-14/h8-11,14-15H,5-7,12-13H2,1-4H3;5-12H,1-4H3. The molecule has 0 bridgehead atoms. The zero-order valence-corrected chi connectivity index (χ0v) is 29.1. The highest BCUT2D eigenvalue weighted by molar-refractivity contribution is 5.70. The van der Waals surface area contributed by atoms with Crippen LogP contribution in [0.25, 0.3) is 0 Å². The van der Waals surface area contributed by atoms with Gasteiger partial charge in [-0.05, 0) is 96.5 Å². The lowest BCUT2D eigenvalue weighted by Gasteiger charge is -2.39. The molecule has 47 heavy (non-hydrogen) atoms. The van der Waals surface area contributed by atoms with Gasteiger partial charge in [0, 0.05) is 24.7 Å². The summed E-state index contributed by atoms with van der Waals surface area (Å²) in [5.41, 5.74) is 7.09. The maximum absolute atomic E-state index is 11.3. The largest absolute Gasteiger partial charge is 0.497 e. The predicted molar refractivity (Wildman–Crippen MR) is 187 cm³/mol. The molecule has 0 amide bonds. The van der Waals surface area contributed by atoms with Crippen molar-refractivity contribution in [3.63, 3.8) is 0 Å². The first-order valence-corrected chi connectivity index (χ1v) is 16.3. The van der Waals surface area contributed by atoms with E-state index in [1.165, 1.54) is 55.4 Å². The highest BCUT2D eigenvalue weighted by Gasteiger charge is 2.36. The molecule has 0 atom stereocenters. The summed E-state index contributed by atoms with van der Waals surface area (Å²) in [6.45, 7) is 11.3. The van der Waals surface area contributed by atoms with Crippen molar-refractivity contribution >= 4 is 11.9 Å². The number of aryl methyl sites for hydroxylation is 2. The van der Waals surface area contributed by atoms with Gasteiger partial charge in [0.1, 0.15) is 23.0 Å². The van der Waals surface area contributed by atoms with E-state index in [1.54, 1.807) is 14.2 Å². The fraction of sp³-hybridized carbons (Fsp3) is 0.366. The van der Waals surface area contributed by atoms with Crippen LogP contribution >= 0.6 is 0 Å². The zero-order valence-electron chi connectivity index (χ0n) is 29.1. The highest BCUT2D eigenvalue weighted by Crippen LogP contribution is 2.46. The van der Waals surface area contributed by atoms with E-state index in [2.05, 4.69) is 63.2 Å². The molecule has 0 aromatic heterocycles. The van der Waals surface area contributed by atoms with Crippen molar-refractivity contribution in [3.8, 4) is 23.0 Å². The molecule has 1 saturated carbocycles. The second-order valence-corrected chi connectivity index (χ2v) is 12.9. The fourth-order valence-electron chi connectivity index (χ4n) is 6.57. The number of hydrogen-bond donors (Lipinski definition) is 0. The average molecular weight is 637 g/mol. The topological polar surface area (TPSA) is 71.1 Å². The molecule has 0 unspecified atom stereocenters. The van der Waals surface area contributed by atoms with Crippen LogP contribution in [0.1, 0.15) is 93.2 Å². The number of esters is 2. The van der Waals surface area contributed by atoms with E-state index in [4.69, 9.17) is 18.9 Å². The van der Waals surface area contributed by atoms with E-state index in [1.807, 2.05) is 49.4 Å². The molecule has 4 aromatic rings. The van der Waals surface area contributed by atoms with Crippen molar-refractivity contribution in [2.75, 3.05) is 14.2 Å². The number of rotatable bonds is 8. The number of ether oxygens (including phenoxy) is 4. The lowest BCUT2D eigenvalue weighted by atomic mass is 9.65. The van der Waals surface area contributed by atoms with Crippen LogP contribution in [-0.2, 0) is 20.4 Å². The Kier molecular flexibility index (Phi) is 11.5. The van der Waals surface area contributed by atoms with Crippen LogP contribution in [0.5, 0.6) is 23.0 Å². The summed E-state index contributed by atoms with van der Waals surface area (Å²) >= 11 is 0. The van der Waals surface area contributed by atoms with Crippen LogP contribution in [0.2, 0.25) is 0 Å². The zero-order chi connectivity index (χ0) is 34.2. The lowest BCUT2D eigenvalue weighted by Crippen LogP contribution is -2.30. The third kappa shape index (κ3) is 8.42. The number of benzene rings is 4. The molecule has 0 heterocycles. The fourth-order valence-corrected chi connectivity index (χ4v) is 6.57. The van der Waals surface area contributed by atoms with E-state index in [0.29, 0.717) is 11.5 Å². The van der Waals surface area contributed by atoms with Crippen molar-refractivity contribution in [2.45, 2.75) is 84.5 Å². The van der Waals surface area contributed by atoms with Crippen molar-refractivity contribution in [2.24, 2.45) is 0 Å². The molecule has 0 aliphatic heterocycles. The quantitative estimate of drug-likeness (QED) is 0.142. The van der Waals surface area contributed by atoms with Gasteiger partial charge < -0.3 is 18.9 Å². The summed E-state index contributed by atoms with van der Waals surface area (Å²) in [5, 5.41) is 0. The van der Waals surface area contributed by atoms with Crippen molar-refractivity contribution < 1.29 is 28.5 Å². The van der Waals surface area contributed by atoms with Crippen molar-refractivity contribution in [1.29, 1.82) is 0 Å². The van der Waals surface area contributed by atoms with Gasteiger partial charge in [0.05, 0.1) is 14.2 Å². The monoisotopic (exact) mass is 636 g/mol. The number of hydrogen-bond acceptors (Lipinski definition) is 6. The molecular weight excluding hydrogens is 588 g/mol. The van der Waals surface area contributed by atoms with Gasteiger partial charge in [0.25, 0.3) is 0 Å². The first kappa shape index (κ1) is 35.3. The molecule has 1 aliphatic rings. The Hall–Kier alpha value is -4.58. The smallest absolute Gasteiger partial charge is 0.308 e. The Morgan fingerprint density at radius 2 is 1.06 bits per heavy atom. The molecule has 0 spiro atoms. The van der Waals surface area contributed by atoms with Gasteiger partial charge in [-0.1, -0.05) is 81.6 Å². The van der Waals surface area contributed by atoms with Crippen LogP contribution in [0.15, 0.2) is 84.9 Å². The van der Waals surface area contributed by atoms with Crippen LogP contribution in [0, 0.1) is 13.8 Å². The predicted octanol–water partition coefficient (Wildman–Crippen LogP) is 9.43. The molecule has 5 rings (SSSR count). The van der Waals surface area contributed by atoms with E-state index >= 15 is 0 Å². The molecule has 0 N–H and O–H groups in total. The molecule has 6 nitrogen and oxygen atoms in total. The van der Waals surface area contributed by atoms with E-state index in [0.717, 1.165) is 35.5 Å². The Morgan fingerprint density at radius 1 is 0.596 bits per heavy atom. The Bertz CT molecular complexity index is 1660. The Balaban J connectivity index is 0.000000218. The van der Waals surface area contributed by atoms with Gasteiger partial charge in [-0.15, -0.1) is 0 Å². The number of methoxy groups -OCH3 is 2. The summed E-state index contributed by atoms with van der Waals surface area (Å²) in [6, 6.07) is 28.5. The third-order valence-corrected chi connectivity index (χ3v) is 9.29. The minimum Gasteiger partial charge on any atom is -0.497 e. The normalized spacial score (nSPS) is 13.9. The van der Waals surface area contributed by atoms with Crippen LogP contribution in [0.4, 0.5) is 0 Å². The van der Waals surface area contributed by atoms with Crippen molar-refractivity contribution in [3.05, 3.63) is 118 Å². The van der Waals surface area contributed by atoms with Crippen molar-refractivity contribution in [1.82, 2.24) is 0 Å². The summed E-state index contributed by atoms with van der Waals surface area (Å²) in [7, 11) is 3.38. The van der Waals surface area contributed by atoms with Gasteiger partial charge in [0.15, 0.2) is 0 Å². The molecule has 4 aromatic carbocycles. The Morgan fingerprint density at radius 3 is 1.49 bits per heavy atom. The van der Waals surface area contributed by atoms with Gasteiger partial charge in [-0.3, -0.25) is 9.59 Å². The minimum absolute atomic E-state index is 0.0226. The summed E-state index contributed by atoms with van der Waals surface area (Å²) < 4.78 is 21.0. The Labute approximate surface area is 280 Å². The van der Waals surface area contributed by atoms with E-state index < -0.39 is 0 Å². The maximum Gasteiger partial charge on any atom is 0.308 e. The van der Waals surface area contributed by atoms with Gasteiger partial charge in [-0.2, -0.15) is 0 Å². The molecule has 248 valence electrons. The number of carbonyl (C=O) groups excluding carboxylic acids is 2. The maximum atomic E-state index is 11.3. The third-order valence-electron chi connectivity index (χ3n) is 9.29. The lowest BCUT2D eigenvalue weighted by molar-refractivity contribution is -0.132. The second kappa shape index (κ2) is 15.3. The SMILES string of the molecule is COc1ccc(C(C)(C)c2ccc(OC(C)=O)cc2)cc1.COc1ccc(C2(c3ccc(OC(C)=O)c(C)c3)CCCCC2)cc1C. The molecular formula is C41H48O6. The van der Waals surface area contributed by atoms with Crippen LogP contribution in [0.3, 0.4) is 0 Å².